The number of rotatable bonds is 4. The number of amides is 1. The van der Waals surface area contributed by atoms with Crippen molar-refractivity contribution >= 4 is 17.9 Å². The van der Waals surface area contributed by atoms with Crippen LogP contribution in [-0.4, -0.2) is 38.3 Å². The molecule has 1 aromatic rings. The monoisotopic (exact) mass is 329 g/mol. The lowest BCUT2D eigenvalue weighted by molar-refractivity contribution is -0.117. The van der Waals surface area contributed by atoms with E-state index in [0.29, 0.717) is 19.0 Å². The van der Waals surface area contributed by atoms with Crippen LogP contribution in [0.5, 0.6) is 0 Å². The van der Waals surface area contributed by atoms with Gasteiger partial charge in [0.25, 0.3) is 5.91 Å². The number of morpholine rings is 1. The number of furan rings is 1. The molecule has 1 N–H and O–H groups in total. The summed E-state index contributed by atoms with van der Waals surface area (Å²) < 4.78 is 11.1. The summed E-state index contributed by atoms with van der Waals surface area (Å²) in [7, 11) is 0. The molecule has 1 amide bonds. The van der Waals surface area contributed by atoms with E-state index in [1.54, 1.807) is 6.07 Å². The molecule has 2 heterocycles. The maximum Gasteiger partial charge on any atom is 0.262 e. The second-order valence-electron chi connectivity index (χ2n) is 6.25. The third kappa shape index (κ3) is 4.18. The van der Waals surface area contributed by atoms with Gasteiger partial charge in [-0.05, 0) is 18.9 Å². The molecule has 2 aliphatic rings. The summed E-state index contributed by atoms with van der Waals surface area (Å²) in [5, 5.41) is 12.3. The number of hydrogen-bond acceptors (Lipinski definition) is 5. The van der Waals surface area contributed by atoms with Gasteiger partial charge >= 0.3 is 0 Å². The number of anilines is 1. The van der Waals surface area contributed by atoms with Crippen LogP contribution in [-0.2, 0) is 9.53 Å². The molecule has 0 radical (unpaired) electrons. The highest BCUT2D eigenvalue weighted by atomic mass is 16.5. The van der Waals surface area contributed by atoms with Gasteiger partial charge in [-0.25, -0.2) is 0 Å². The Labute approximate surface area is 142 Å². The van der Waals surface area contributed by atoms with E-state index in [2.05, 4.69) is 10.2 Å². The van der Waals surface area contributed by atoms with Gasteiger partial charge in [-0.3, -0.25) is 4.79 Å². The minimum atomic E-state index is -0.311. The average molecular weight is 329 g/mol. The number of carbonyl (C=O) groups is 1. The molecule has 24 heavy (non-hydrogen) atoms. The average Bonchev–Trinajstić information content (AvgIpc) is 3.10. The predicted octanol–water partition coefficient (Wildman–Crippen LogP) is 2.47. The molecule has 1 saturated heterocycles. The quantitative estimate of drug-likeness (QED) is 0.678. The SMILES string of the molecule is N#CC(=Cc1ccc(N2CCOCC2)o1)C(=O)NC1CCCCC1. The van der Waals surface area contributed by atoms with Crippen molar-refractivity contribution in [2.24, 2.45) is 0 Å². The Balaban J connectivity index is 1.65. The smallest absolute Gasteiger partial charge is 0.262 e. The van der Waals surface area contributed by atoms with Gasteiger partial charge < -0.3 is 19.4 Å². The molecule has 2 fully saturated rings. The first kappa shape index (κ1) is 16.6. The van der Waals surface area contributed by atoms with Crippen molar-refractivity contribution in [3.63, 3.8) is 0 Å². The summed E-state index contributed by atoms with van der Waals surface area (Å²) in [4.78, 5) is 14.4. The zero-order chi connectivity index (χ0) is 16.8. The number of hydrogen-bond donors (Lipinski definition) is 1. The third-order valence-corrected chi connectivity index (χ3v) is 4.53. The number of nitrogens with one attached hydrogen (secondary N) is 1. The molecule has 0 bridgehead atoms. The normalized spacial score (nSPS) is 19.8. The summed E-state index contributed by atoms with van der Waals surface area (Å²) in [5.41, 5.74) is 0.0865. The number of ether oxygens (including phenoxy) is 1. The Kier molecular flexibility index (Phi) is 5.55. The van der Waals surface area contributed by atoms with E-state index in [1.165, 1.54) is 12.5 Å². The highest BCUT2D eigenvalue weighted by Crippen LogP contribution is 2.22. The van der Waals surface area contributed by atoms with Crippen LogP contribution < -0.4 is 10.2 Å². The van der Waals surface area contributed by atoms with Crippen molar-refractivity contribution < 1.29 is 13.9 Å². The molecule has 1 aliphatic heterocycles. The topological polar surface area (TPSA) is 78.5 Å². The van der Waals surface area contributed by atoms with Crippen LogP contribution in [0.25, 0.3) is 6.08 Å². The second kappa shape index (κ2) is 8.02. The second-order valence-corrected chi connectivity index (χ2v) is 6.25. The van der Waals surface area contributed by atoms with Crippen molar-refractivity contribution in [1.29, 1.82) is 5.26 Å². The van der Waals surface area contributed by atoms with Gasteiger partial charge in [0.05, 0.1) is 13.2 Å². The lowest BCUT2D eigenvalue weighted by atomic mass is 9.95. The molecule has 6 heteroatoms. The first-order valence-corrected chi connectivity index (χ1v) is 8.61. The van der Waals surface area contributed by atoms with Gasteiger partial charge in [-0.15, -0.1) is 0 Å². The fraction of sp³-hybridized carbons (Fsp3) is 0.556. The number of nitrogens with zero attached hydrogens (tertiary/aromatic N) is 2. The molecule has 1 aliphatic carbocycles. The first-order chi connectivity index (χ1) is 11.8. The van der Waals surface area contributed by atoms with E-state index in [0.717, 1.165) is 44.7 Å². The minimum Gasteiger partial charge on any atom is -0.441 e. The van der Waals surface area contributed by atoms with E-state index in [9.17, 15) is 10.1 Å². The van der Waals surface area contributed by atoms with Gasteiger partial charge in [0, 0.05) is 31.3 Å². The lowest BCUT2D eigenvalue weighted by Gasteiger charge is -2.26. The predicted molar refractivity (Wildman–Crippen MR) is 90.3 cm³/mol. The Morgan fingerprint density at radius 2 is 2.00 bits per heavy atom. The summed E-state index contributed by atoms with van der Waals surface area (Å²) >= 11 is 0. The molecule has 6 nitrogen and oxygen atoms in total. The van der Waals surface area contributed by atoms with Crippen LogP contribution in [0, 0.1) is 11.3 Å². The molecule has 0 spiro atoms. The Bertz CT molecular complexity index is 632. The van der Waals surface area contributed by atoms with E-state index >= 15 is 0 Å². The summed E-state index contributed by atoms with van der Waals surface area (Å²) in [6.45, 7) is 2.92. The Morgan fingerprint density at radius 3 is 2.71 bits per heavy atom. The summed E-state index contributed by atoms with van der Waals surface area (Å²) in [6, 6.07) is 5.82. The number of nitriles is 1. The fourth-order valence-electron chi connectivity index (χ4n) is 3.17. The zero-order valence-corrected chi connectivity index (χ0v) is 13.8. The molecule has 3 rings (SSSR count). The fourth-order valence-corrected chi connectivity index (χ4v) is 3.17. The Hall–Kier alpha value is -2.26. The lowest BCUT2D eigenvalue weighted by Crippen LogP contribution is -2.36. The van der Waals surface area contributed by atoms with E-state index < -0.39 is 0 Å². The largest absolute Gasteiger partial charge is 0.441 e. The molecular weight excluding hydrogens is 306 g/mol. The molecule has 0 aromatic carbocycles. The van der Waals surface area contributed by atoms with E-state index in [4.69, 9.17) is 9.15 Å². The Morgan fingerprint density at radius 1 is 1.25 bits per heavy atom. The van der Waals surface area contributed by atoms with Gasteiger partial charge in [-0.2, -0.15) is 5.26 Å². The summed E-state index contributed by atoms with van der Waals surface area (Å²) in [6.07, 6.45) is 7.00. The summed E-state index contributed by atoms with van der Waals surface area (Å²) in [5.74, 6) is 0.954. The highest BCUT2D eigenvalue weighted by Gasteiger charge is 2.19. The molecule has 1 saturated carbocycles. The van der Waals surface area contributed by atoms with Crippen LogP contribution in [0.4, 0.5) is 5.88 Å². The van der Waals surface area contributed by atoms with Crippen LogP contribution in [0.15, 0.2) is 22.1 Å². The van der Waals surface area contributed by atoms with Crippen LogP contribution in [0.3, 0.4) is 0 Å². The van der Waals surface area contributed by atoms with Gasteiger partial charge in [0.1, 0.15) is 17.4 Å². The maximum absolute atomic E-state index is 12.3. The first-order valence-electron chi connectivity index (χ1n) is 8.61. The van der Waals surface area contributed by atoms with Gasteiger partial charge in [0.2, 0.25) is 0 Å². The van der Waals surface area contributed by atoms with Crippen molar-refractivity contribution in [2.45, 2.75) is 38.1 Å². The van der Waals surface area contributed by atoms with Crippen LogP contribution in [0.2, 0.25) is 0 Å². The van der Waals surface area contributed by atoms with E-state index in [-0.39, 0.29) is 17.5 Å². The van der Waals surface area contributed by atoms with Crippen LogP contribution in [0.1, 0.15) is 37.9 Å². The molecular formula is C18H23N3O3. The maximum atomic E-state index is 12.3. The zero-order valence-electron chi connectivity index (χ0n) is 13.8. The third-order valence-electron chi connectivity index (χ3n) is 4.53. The minimum absolute atomic E-state index is 0.0865. The molecule has 0 unspecified atom stereocenters. The highest BCUT2D eigenvalue weighted by molar-refractivity contribution is 6.01. The van der Waals surface area contributed by atoms with Crippen molar-refractivity contribution in [2.75, 3.05) is 31.2 Å². The van der Waals surface area contributed by atoms with Crippen molar-refractivity contribution in [3.05, 3.63) is 23.5 Å². The molecule has 1 aromatic heterocycles. The van der Waals surface area contributed by atoms with E-state index in [1.807, 2.05) is 12.1 Å². The molecule has 128 valence electrons. The van der Waals surface area contributed by atoms with Crippen LogP contribution >= 0.6 is 0 Å². The van der Waals surface area contributed by atoms with Crippen molar-refractivity contribution in [1.82, 2.24) is 5.32 Å². The molecule has 0 atom stereocenters. The van der Waals surface area contributed by atoms with Crippen molar-refractivity contribution in [3.8, 4) is 6.07 Å². The standard InChI is InChI=1S/C18H23N3O3/c19-13-14(18(22)20-15-4-2-1-3-5-15)12-16-6-7-17(24-16)21-8-10-23-11-9-21/h6-7,12,15H,1-5,8-11H2,(H,20,22). The number of carbonyl (C=O) groups excluding carboxylic acids is 1. The van der Waals surface area contributed by atoms with Gasteiger partial charge in [-0.1, -0.05) is 19.3 Å². The van der Waals surface area contributed by atoms with Gasteiger partial charge in [0.15, 0.2) is 5.88 Å².